The van der Waals surface area contributed by atoms with Gasteiger partial charge in [-0.15, -0.1) is 0 Å². The highest BCUT2D eigenvalue weighted by Gasteiger charge is 2.33. The molecular formula is C24H27ClN4O2. The molecule has 1 saturated heterocycles. The van der Waals surface area contributed by atoms with Gasteiger partial charge in [0.05, 0.1) is 11.0 Å². The van der Waals surface area contributed by atoms with Crippen molar-refractivity contribution in [1.29, 1.82) is 0 Å². The predicted octanol–water partition coefficient (Wildman–Crippen LogP) is 4.38. The molecule has 0 spiro atoms. The number of nitrogens with zero attached hydrogens (tertiary/aromatic N) is 2. The van der Waals surface area contributed by atoms with Crippen molar-refractivity contribution in [1.82, 2.24) is 20.2 Å². The standard InChI is InChI=1S/C24H27ClN4O2/c1-15(2)21(28-23(30)16-9-11-18(25)12-10-16)24(31)29-13-5-6-17(14-29)22-26-19-7-3-4-8-20(19)27-22/h3-4,7-12,15,17,21H,5-6,13-14H2,1-2H3,(H,26,27)(H,28,30). The molecule has 1 aliphatic rings. The topological polar surface area (TPSA) is 78.1 Å². The third kappa shape index (κ3) is 4.74. The lowest BCUT2D eigenvalue weighted by atomic mass is 9.95. The first-order chi connectivity index (χ1) is 14.9. The van der Waals surface area contributed by atoms with Crippen molar-refractivity contribution in [2.24, 2.45) is 5.92 Å². The molecule has 31 heavy (non-hydrogen) atoms. The normalized spacial score (nSPS) is 17.7. The molecular weight excluding hydrogens is 412 g/mol. The van der Waals surface area contributed by atoms with Gasteiger partial charge in [0.25, 0.3) is 5.91 Å². The number of hydrogen-bond donors (Lipinski definition) is 2. The van der Waals surface area contributed by atoms with Crippen molar-refractivity contribution in [2.45, 2.75) is 38.6 Å². The number of halogens is 1. The van der Waals surface area contributed by atoms with Crippen molar-refractivity contribution < 1.29 is 9.59 Å². The Labute approximate surface area is 187 Å². The highest BCUT2D eigenvalue weighted by molar-refractivity contribution is 6.30. The summed E-state index contributed by atoms with van der Waals surface area (Å²) in [6.07, 6.45) is 1.89. The van der Waals surface area contributed by atoms with Gasteiger partial charge in [0.1, 0.15) is 11.9 Å². The van der Waals surface area contributed by atoms with Gasteiger partial charge in [-0.3, -0.25) is 9.59 Å². The second-order valence-electron chi connectivity index (χ2n) is 8.46. The number of carbonyl (C=O) groups excluding carboxylic acids is 2. The fraction of sp³-hybridized carbons (Fsp3) is 0.375. The van der Waals surface area contributed by atoms with E-state index in [1.807, 2.05) is 43.0 Å². The lowest BCUT2D eigenvalue weighted by molar-refractivity contribution is -0.135. The second-order valence-corrected chi connectivity index (χ2v) is 8.90. The molecule has 7 heteroatoms. The average molecular weight is 439 g/mol. The van der Waals surface area contributed by atoms with E-state index in [1.165, 1.54) is 0 Å². The van der Waals surface area contributed by atoms with E-state index >= 15 is 0 Å². The van der Waals surface area contributed by atoms with Gasteiger partial charge in [-0.1, -0.05) is 37.6 Å². The van der Waals surface area contributed by atoms with Crippen LogP contribution in [-0.4, -0.2) is 45.8 Å². The van der Waals surface area contributed by atoms with Crippen LogP contribution in [0.15, 0.2) is 48.5 Å². The van der Waals surface area contributed by atoms with Gasteiger partial charge in [-0.25, -0.2) is 4.98 Å². The van der Waals surface area contributed by atoms with Gasteiger partial charge < -0.3 is 15.2 Å². The van der Waals surface area contributed by atoms with E-state index in [9.17, 15) is 9.59 Å². The molecule has 2 atom stereocenters. The Morgan fingerprint density at radius 2 is 1.90 bits per heavy atom. The Bertz CT molecular complexity index is 1040. The number of piperidine rings is 1. The first kappa shape index (κ1) is 21.4. The number of aromatic amines is 1. The molecule has 2 heterocycles. The van der Waals surface area contributed by atoms with Crippen LogP contribution in [0.5, 0.6) is 0 Å². The summed E-state index contributed by atoms with van der Waals surface area (Å²) in [7, 11) is 0. The molecule has 3 aromatic rings. The number of rotatable bonds is 5. The third-order valence-corrected chi connectivity index (χ3v) is 6.11. The number of aromatic nitrogens is 2. The van der Waals surface area contributed by atoms with E-state index in [1.54, 1.807) is 24.3 Å². The Balaban J connectivity index is 1.47. The van der Waals surface area contributed by atoms with Crippen molar-refractivity contribution in [3.05, 3.63) is 64.9 Å². The molecule has 162 valence electrons. The highest BCUT2D eigenvalue weighted by atomic mass is 35.5. The summed E-state index contributed by atoms with van der Waals surface area (Å²) >= 11 is 5.91. The van der Waals surface area contributed by atoms with E-state index in [0.717, 1.165) is 29.7 Å². The number of likely N-dealkylation sites (tertiary alicyclic amines) is 1. The molecule has 4 rings (SSSR count). The van der Waals surface area contributed by atoms with Crippen molar-refractivity contribution in [3.8, 4) is 0 Å². The number of H-pyrrole nitrogens is 1. The first-order valence-corrected chi connectivity index (χ1v) is 11.1. The summed E-state index contributed by atoms with van der Waals surface area (Å²) in [4.78, 5) is 36.1. The Morgan fingerprint density at radius 3 is 2.61 bits per heavy atom. The van der Waals surface area contributed by atoms with Crippen LogP contribution < -0.4 is 5.32 Å². The second kappa shape index (κ2) is 9.10. The minimum atomic E-state index is -0.586. The van der Waals surface area contributed by atoms with Gasteiger partial charge in [0, 0.05) is 29.6 Å². The van der Waals surface area contributed by atoms with Gasteiger partial charge in [0.15, 0.2) is 0 Å². The molecule has 1 fully saturated rings. The summed E-state index contributed by atoms with van der Waals surface area (Å²) in [5, 5.41) is 3.50. The zero-order valence-electron chi connectivity index (χ0n) is 17.8. The number of fused-ring (bicyclic) bond motifs is 1. The number of para-hydroxylation sites is 2. The summed E-state index contributed by atoms with van der Waals surface area (Å²) in [6.45, 7) is 5.19. The van der Waals surface area contributed by atoms with Crippen LogP contribution in [-0.2, 0) is 4.79 Å². The van der Waals surface area contributed by atoms with Gasteiger partial charge in [-0.2, -0.15) is 0 Å². The van der Waals surface area contributed by atoms with E-state index in [2.05, 4.69) is 10.3 Å². The minimum absolute atomic E-state index is 0.0321. The number of nitrogens with one attached hydrogen (secondary N) is 2. The van der Waals surface area contributed by atoms with Gasteiger partial charge >= 0.3 is 0 Å². The van der Waals surface area contributed by atoms with Crippen LogP contribution in [0.2, 0.25) is 5.02 Å². The number of carbonyl (C=O) groups is 2. The summed E-state index contributed by atoms with van der Waals surface area (Å²) < 4.78 is 0. The van der Waals surface area contributed by atoms with E-state index in [-0.39, 0.29) is 23.7 Å². The Morgan fingerprint density at radius 1 is 1.16 bits per heavy atom. The van der Waals surface area contributed by atoms with Crippen LogP contribution in [0.4, 0.5) is 0 Å². The fourth-order valence-electron chi connectivity index (χ4n) is 4.10. The van der Waals surface area contributed by atoms with E-state index in [0.29, 0.717) is 23.7 Å². The maximum absolute atomic E-state index is 13.4. The molecule has 0 bridgehead atoms. The molecule has 1 aliphatic heterocycles. The quantitative estimate of drug-likeness (QED) is 0.620. The van der Waals surface area contributed by atoms with Crippen molar-refractivity contribution in [2.75, 3.05) is 13.1 Å². The maximum Gasteiger partial charge on any atom is 0.251 e. The average Bonchev–Trinajstić information content (AvgIpc) is 3.21. The van der Waals surface area contributed by atoms with Crippen LogP contribution in [0.25, 0.3) is 11.0 Å². The molecule has 1 aromatic heterocycles. The maximum atomic E-state index is 13.4. The van der Waals surface area contributed by atoms with Gasteiger partial charge in [-0.05, 0) is 55.2 Å². The van der Waals surface area contributed by atoms with Crippen LogP contribution in [0.1, 0.15) is 48.8 Å². The van der Waals surface area contributed by atoms with Crippen molar-refractivity contribution >= 4 is 34.4 Å². The van der Waals surface area contributed by atoms with Crippen LogP contribution in [0.3, 0.4) is 0 Å². The first-order valence-electron chi connectivity index (χ1n) is 10.7. The molecule has 2 unspecified atom stereocenters. The van der Waals surface area contributed by atoms with E-state index in [4.69, 9.17) is 16.6 Å². The van der Waals surface area contributed by atoms with Crippen LogP contribution in [0, 0.1) is 5.92 Å². The van der Waals surface area contributed by atoms with E-state index < -0.39 is 6.04 Å². The summed E-state index contributed by atoms with van der Waals surface area (Å²) in [5.74, 6) is 0.734. The SMILES string of the molecule is CC(C)C(NC(=O)c1ccc(Cl)cc1)C(=O)N1CCCC(c2nc3ccccc3[nH]2)C1. The van der Waals surface area contributed by atoms with Crippen LogP contribution >= 0.6 is 11.6 Å². The highest BCUT2D eigenvalue weighted by Crippen LogP contribution is 2.27. The predicted molar refractivity (Wildman–Crippen MR) is 122 cm³/mol. The minimum Gasteiger partial charge on any atom is -0.342 e. The monoisotopic (exact) mass is 438 g/mol. The Hall–Kier alpha value is -2.86. The summed E-state index contributed by atoms with van der Waals surface area (Å²) in [5.41, 5.74) is 2.44. The summed E-state index contributed by atoms with van der Waals surface area (Å²) in [6, 6.07) is 14.0. The zero-order valence-corrected chi connectivity index (χ0v) is 18.5. The zero-order chi connectivity index (χ0) is 22.0. The molecule has 0 radical (unpaired) electrons. The third-order valence-electron chi connectivity index (χ3n) is 5.85. The largest absolute Gasteiger partial charge is 0.342 e. The molecule has 0 saturated carbocycles. The number of amides is 2. The lowest BCUT2D eigenvalue weighted by Gasteiger charge is -2.35. The van der Waals surface area contributed by atoms with Gasteiger partial charge in [0.2, 0.25) is 5.91 Å². The molecule has 2 N–H and O–H groups in total. The molecule has 0 aliphatic carbocycles. The number of hydrogen-bond acceptors (Lipinski definition) is 3. The molecule has 2 aromatic carbocycles. The molecule has 2 amide bonds. The smallest absolute Gasteiger partial charge is 0.251 e. The number of benzene rings is 2. The number of imidazole rings is 1. The fourth-order valence-corrected chi connectivity index (χ4v) is 4.23. The molecule has 6 nitrogen and oxygen atoms in total. The van der Waals surface area contributed by atoms with Crippen molar-refractivity contribution in [3.63, 3.8) is 0 Å². The lowest BCUT2D eigenvalue weighted by Crippen LogP contribution is -2.53. The Kier molecular flexibility index (Phi) is 6.28.